The highest BCUT2D eigenvalue weighted by atomic mass is 35.5. The van der Waals surface area contributed by atoms with E-state index in [1.54, 1.807) is 60.7 Å². The molecule has 0 aliphatic carbocycles. The molecule has 6 nitrogen and oxygen atoms in total. The summed E-state index contributed by atoms with van der Waals surface area (Å²) in [5.41, 5.74) is 1.66. The Bertz CT molecular complexity index is 1360. The van der Waals surface area contributed by atoms with Crippen LogP contribution in [0.3, 0.4) is 0 Å². The van der Waals surface area contributed by atoms with Crippen LogP contribution < -0.4 is 19.7 Å². The fourth-order valence-corrected chi connectivity index (χ4v) is 4.15. The van der Waals surface area contributed by atoms with Gasteiger partial charge in [-0.1, -0.05) is 46.9 Å². The number of anilines is 1. The lowest BCUT2D eigenvalue weighted by Crippen LogP contribution is -2.54. The molecule has 1 aliphatic heterocycles. The van der Waals surface area contributed by atoms with Crippen molar-refractivity contribution < 1.29 is 19.1 Å². The summed E-state index contributed by atoms with van der Waals surface area (Å²) in [6.45, 7) is 0.112. The van der Waals surface area contributed by atoms with Gasteiger partial charge in [-0.05, 0) is 72.4 Å². The summed E-state index contributed by atoms with van der Waals surface area (Å²) in [4.78, 5) is 27.1. The molecule has 0 spiro atoms. The molecule has 1 saturated heterocycles. The second kappa shape index (κ2) is 10.7. The fraction of sp³-hybridized carbons (Fsp3) is 0.0800. The molecule has 0 atom stereocenters. The molecule has 0 radical (unpaired) electrons. The lowest BCUT2D eigenvalue weighted by molar-refractivity contribution is -0.122. The second-order valence-electron chi connectivity index (χ2n) is 7.35. The predicted molar refractivity (Wildman–Crippen MR) is 141 cm³/mol. The fourth-order valence-electron chi connectivity index (χ4n) is 3.40. The van der Waals surface area contributed by atoms with Gasteiger partial charge < -0.3 is 9.47 Å². The molecule has 1 heterocycles. The summed E-state index contributed by atoms with van der Waals surface area (Å²) in [6.07, 6.45) is 1.48. The summed E-state index contributed by atoms with van der Waals surface area (Å²) in [5, 5.41) is 3.73. The number of amides is 2. The van der Waals surface area contributed by atoms with Crippen molar-refractivity contribution in [2.75, 3.05) is 12.0 Å². The van der Waals surface area contributed by atoms with Crippen LogP contribution in [0.15, 0.2) is 66.2 Å². The number of hydrogen-bond donors (Lipinski definition) is 1. The van der Waals surface area contributed by atoms with Crippen molar-refractivity contribution in [3.05, 3.63) is 92.4 Å². The van der Waals surface area contributed by atoms with Crippen molar-refractivity contribution in [2.45, 2.75) is 6.61 Å². The number of carbonyl (C=O) groups is 2. The van der Waals surface area contributed by atoms with Gasteiger partial charge in [-0.2, -0.15) is 0 Å². The smallest absolute Gasteiger partial charge is 0.270 e. The zero-order valence-corrected chi connectivity index (χ0v) is 21.3. The maximum atomic E-state index is 13.2. The van der Waals surface area contributed by atoms with Crippen LogP contribution in [0.1, 0.15) is 11.1 Å². The lowest BCUT2D eigenvalue weighted by Gasteiger charge is -2.29. The minimum Gasteiger partial charge on any atom is -0.496 e. The number of thiocarbonyl (C=S) groups is 1. The van der Waals surface area contributed by atoms with Crippen LogP contribution in [0.25, 0.3) is 6.08 Å². The molecule has 1 aliphatic rings. The Balaban J connectivity index is 1.64. The average Bonchev–Trinajstić information content (AvgIpc) is 2.84. The van der Waals surface area contributed by atoms with Crippen molar-refractivity contribution in [3.63, 3.8) is 0 Å². The van der Waals surface area contributed by atoms with Gasteiger partial charge >= 0.3 is 0 Å². The molecule has 1 fully saturated rings. The first-order valence-electron chi connectivity index (χ1n) is 10.2. The first kappa shape index (κ1) is 25.0. The van der Waals surface area contributed by atoms with E-state index < -0.39 is 11.8 Å². The molecule has 35 heavy (non-hydrogen) atoms. The number of ether oxygens (including phenoxy) is 2. The van der Waals surface area contributed by atoms with Gasteiger partial charge in [0.1, 0.15) is 28.7 Å². The minimum atomic E-state index is -0.593. The normalized spacial score (nSPS) is 14.8. The van der Waals surface area contributed by atoms with Gasteiger partial charge in [0, 0.05) is 10.6 Å². The molecule has 4 rings (SSSR count). The van der Waals surface area contributed by atoms with Crippen molar-refractivity contribution in [1.29, 1.82) is 0 Å². The predicted octanol–water partition coefficient (Wildman–Crippen LogP) is 6.07. The van der Waals surface area contributed by atoms with Gasteiger partial charge in [-0.3, -0.25) is 19.8 Å². The maximum Gasteiger partial charge on any atom is 0.270 e. The Morgan fingerprint density at radius 2 is 1.74 bits per heavy atom. The van der Waals surface area contributed by atoms with Crippen molar-refractivity contribution in [2.24, 2.45) is 0 Å². The number of nitrogens with zero attached hydrogens (tertiary/aromatic N) is 1. The molecule has 178 valence electrons. The van der Waals surface area contributed by atoms with E-state index in [1.807, 2.05) is 0 Å². The Labute approximate surface area is 222 Å². The van der Waals surface area contributed by atoms with E-state index in [4.69, 9.17) is 56.5 Å². The summed E-state index contributed by atoms with van der Waals surface area (Å²) >= 11 is 23.4. The third-order valence-corrected chi connectivity index (χ3v) is 6.44. The first-order valence-corrected chi connectivity index (χ1v) is 11.7. The first-order chi connectivity index (χ1) is 16.8. The van der Waals surface area contributed by atoms with Gasteiger partial charge in [0.25, 0.3) is 11.8 Å². The van der Waals surface area contributed by atoms with Crippen LogP contribution in [-0.4, -0.2) is 24.0 Å². The molecule has 0 saturated carbocycles. The number of carbonyl (C=O) groups excluding carboxylic acids is 2. The van der Waals surface area contributed by atoms with E-state index in [0.717, 1.165) is 0 Å². The molecule has 3 aromatic carbocycles. The summed E-state index contributed by atoms with van der Waals surface area (Å²) < 4.78 is 11.3. The van der Waals surface area contributed by atoms with E-state index in [-0.39, 0.29) is 17.3 Å². The number of benzene rings is 3. The largest absolute Gasteiger partial charge is 0.496 e. The summed E-state index contributed by atoms with van der Waals surface area (Å²) in [7, 11) is 1.53. The summed E-state index contributed by atoms with van der Waals surface area (Å²) in [5.74, 6) is -0.169. The lowest BCUT2D eigenvalue weighted by atomic mass is 10.0. The molecule has 0 unspecified atom stereocenters. The zero-order chi connectivity index (χ0) is 25.1. The molecule has 0 aromatic heterocycles. The molecule has 0 bridgehead atoms. The Morgan fingerprint density at radius 3 is 2.46 bits per heavy atom. The average molecular weight is 548 g/mol. The standard InChI is InChI=1S/C25H17Cl3N2O4S/c1-33-20-10-5-14(11-15(20)13-34-21-4-2-3-19(27)22(21)28)12-18-23(31)29-25(35)30(24(18)32)17-8-6-16(26)7-9-17/h2-12H,13H2,1H3,(H,29,31,35)/b18-12+. The highest BCUT2D eigenvalue weighted by molar-refractivity contribution is 7.80. The third kappa shape index (κ3) is 5.44. The monoisotopic (exact) mass is 546 g/mol. The van der Waals surface area contributed by atoms with Crippen molar-refractivity contribution in [3.8, 4) is 11.5 Å². The van der Waals surface area contributed by atoms with Crippen LogP contribution in [0.2, 0.25) is 15.1 Å². The molecule has 1 N–H and O–H groups in total. The van der Waals surface area contributed by atoms with Crippen LogP contribution in [-0.2, 0) is 16.2 Å². The van der Waals surface area contributed by atoms with Crippen LogP contribution in [0.5, 0.6) is 11.5 Å². The molecule has 2 amide bonds. The highest BCUT2D eigenvalue weighted by Gasteiger charge is 2.34. The highest BCUT2D eigenvalue weighted by Crippen LogP contribution is 2.33. The quantitative estimate of drug-likeness (QED) is 0.231. The Kier molecular flexibility index (Phi) is 7.62. The minimum absolute atomic E-state index is 0.0123. The van der Waals surface area contributed by atoms with E-state index >= 15 is 0 Å². The van der Waals surface area contributed by atoms with Crippen molar-refractivity contribution >= 4 is 75.7 Å². The number of rotatable bonds is 6. The number of methoxy groups -OCH3 is 1. The molecular weight excluding hydrogens is 531 g/mol. The van der Waals surface area contributed by atoms with E-state index in [2.05, 4.69) is 5.32 Å². The van der Waals surface area contributed by atoms with Gasteiger partial charge in [0.2, 0.25) is 0 Å². The van der Waals surface area contributed by atoms with Crippen LogP contribution in [0, 0.1) is 0 Å². The van der Waals surface area contributed by atoms with Gasteiger partial charge in [0.05, 0.1) is 17.8 Å². The van der Waals surface area contributed by atoms with E-state index in [9.17, 15) is 9.59 Å². The summed E-state index contributed by atoms with van der Waals surface area (Å²) in [6, 6.07) is 16.8. The van der Waals surface area contributed by atoms with Crippen LogP contribution >= 0.6 is 47.0 Å². The Hall–Kier alpha value is -3.10. The van der Waals surface area contributed by atoms with E-state index in [0.29, 0.717) is 43.4 Å². The number of halogens is 3. The third-order valence-electron chi connectivity index (χ3n) is 5.10. The number of nitrogens with one attached hydrogen (secondary N) is 1. The molecular formula is C25H17Cl3N2O4S. The van der Waals surface area contributed by atoms with Gasteiger partial charge in [-0.15, -0.1) is 0 Å². The van der Waals surface area contributed by atoms with Gasteiger partial charge in [-0.25, -0.2) is 0 Å². The molecule has 3 aromatic rings. The molecule has 10 heteroatoms. The van der Waals surface area contributed by atoms with Crippen molar-refractivity contribution in [1.82, 2.24) is 5.32 Å². The maximum absolute atomic E-state index is 13.2. The Morgan fingerprint density at radius 1 is 1.00 bits per heavy atom. The number of hydrogen-bond acceptors (Lipinski definition) is 5. The topological polar surface area (TPSA) is 67.9 Å². The van der Waals surface area contributed by atoms with Gasteiger partial charge in [0.15, 0.2) is 5.11 Å². The zero-order valence-electron chi connectivity index (χ0n) is 18.2. The van der Waals surface area contributed by atoms with Crippen LogP contribution in [0.4, 0.5) is 5.69 Å². The second-order valence-corrected chi connectivity index (χ2v) is 8.95. The van der Waals surface area contributed by atoms with E-state index in [1.165, 1.54) is 18.1 Å². The SMILES string of the molecule is COc1ccc(/C=C2\C(=O)NC(=S)N(c3ccc(Cl)cc3)C2=O)cc1COc1cccc(Cl)c1Cl.